The van der Waals surface area contributed by atoms with Gasteiger partial charge in [-0.25, -0.2) is 0 Å². The molecule has 0 saturated heterocycles. The zero-order chi connectivity index (χ0) is 20.2. The molecule has 0 unspecified atom stereocenters. The molecule has 1 aliphatic heterocycles. The lowest BCUT2D eigenvalue weighted by molar-refractivity contribution is -0.115. The second-order valence-electron chi connectivity index (χ2n) is 6.98. The molecule has 0 radical (unpaired) electrons. The molecule has 1 heterocycles. The molecule has 2 amide bonds. The number of nitrogens with one attached hydrogen (secondary N) is 1. The van der Waals surface area contributed by atoms with E-state index in [1.54, 1.807) is 0 Å². The highest BCUT2D eigenvalue weighted by Crippen LogP contribution is 2.36. The summed E-state index contributed by atoms with van der Waals surface area (Å²) in [6.07, 6.45) is 1.85. The Morgan fingerprint density at radius 1 is 0.862 bits per heavy atom. The summed E-state index contributed by atoms with van der Waals surface area (Å²) in [7, 11) is 0. The molecule has 146 valence electrons. The molecule has 0 atom stereocenters. The van der Waals surface area contributed by atoms with Crippen molar-refractivity contribution in [3.8, 4) is 0 Å². The van der Waals surface area contributed by atoms with Gasteiger partial charge in [0.25, 0.3) is 0 Å². The number of aryl methyl sites for hydroxylation is 2. The van der Waals surface area contributed by atoms with E-state index in [1.807, 2.05) is 65.6 Å². The Hall–Kier alpha value is -3.05. The lowest BCUT2D eigenvalue weighted by Crippen LogP contribution is -2.28. The predicted octanol–water partition coefficient (Wildman–Crippen LogP) is 5.20. The quantitative estimate of drug-likeness (QED) is 0.610. The maximum Gasteiger partial charge on any atom is 0.241 e. The third-order valence-electron chi connectivity index (χ3n) is 4.92. The first-order chi connectivity index (χ1) is 14.1. The second kappa shape index (κ2) is 8.53. The van der Waals surface area contributed by atoms with Crippen molar-refractivity contribution in [3.63, 3.8) is 0 Å². The van der Waals surface area contributed by atoms with Gasteiger partial charge in [0.05, 0.1) is 17.1 Å². The summed E-state index contributed by atoms with van der Waals surface area (Å²) in [5, 5.41) is 2.75. The molecule has 0 aliphatic carbocycles. The first-order valence-corrected chi connectivity index (χ1v) is 10.6. The lowest BCUT2D eigenvalue weighted by Gasteiger charge is -2.25. The van der Waals surface area contributed by atoms with Crippen molar-refractivity contribution in [1.29, 1.82) is 0 Å². The second-order valence-corrected chi connectivity index (χ2v) is 8.03. The SMILES string of the molecule is CC(=O)Nc1ccc(SCC(=O)N2c3ccccc3CCc3ccccc32)cc1. The van der Waals surface area contributed by atoms with Crippen LogP contribution in [0.2, 0.25) is 0 Å². The molecule has 0 aromatic heterocycles. The Morgan fingerprint density at radius 2 is 1.41 bits per heavy atom. The zero-order valence-corrected chi connectivity index (χ0v) is 17.0. The number of thioether (sulfide) groups is 1. The summed E-state index contributed by atoms with van der Waals surface area (Å²) < 4.78 is 0. The van der Waals surface area contributed by atoms with Gasteiger partial charge in [-0.15, -0.1) is 11.8 Å². The highest BCUT2D eigenvalue weighted by molar-refractivity contribution is 8.00. The number of nitrogens with zero attached hydrogens (tertiary/aromatic N) is 1. The number of hydrogen-bond acceptors (Lipinski definition) is 3. The van der Waals surface area contributed by atoms with E-state index in [-0.39, 0.29) is 11.8 Å². The lowest BCUT2D eigenvalue weighted by atomic mass is 10.0. The number of carbonyl (C=O) groups excluding carboxylic acids is 2. The summed E-state index contributed by atoms with van der Waals surface area (Å²) in [6, 6.07) is 23.9. The number of hydrogen-bond donors (Lipinski definition) is 1. The van der Waals surface area contributed by atoms with E-state index in [9.17, 15) is 9.59 Å². The van der Waals surface area contributed by atoms with Crippen molar-refractivity contribution >= 4 is 40.6 Å². The maximum atomic E-state index is 13.3. The van der Waals surface area contributed by atoms with E-state index in [2.05, 4.69) is 17.4 Å². The van der Waals surface area contributed by atoms with Gasteiger partial charge < -0.3 is 5.32 Å². The van der Waals surface area contributed by atoms with E-state index in [0.29, 0.717) is 5.75 Å². The number of benzene rings is 3. The first kappa shape index (κ1) is 19.3. The van der Waals surface area contributed by atoms with Gasteiger partial charge in [-0.1, -0.05) is 36.4 Å². The normalized spacial score (nSPS) is 12.5. The summed E-state index contributed by atoms with van der Waals surface area (Å²) in [5.41, 5.74) is 5.10. The molecule has 29 heavy (non-hydrogen) atoms. The molecule has 0 fully saturated rings. The fourth-order valence-electron chi connectivity index (χ4n) is 3.60. The molecule has 0 saturated carbocycles. The van der Waals surface area contributed by atoms with Gasteiger partial charge in [0.2, 0.25) is 11.8 Å². The number of para-hydroxylation sites is 2. The smallest absolute Gasteiger partial charge is 0.241 e. The fourth-order valence-corrected chi connectivity index (χ4v) is 4.34. The van der Waals surface area contributed by atoms with Crippen molar-refractivity contribution < 1.29 is 9.59 Å². The Labute approximate surface area is 174 Å². The fraction of sp³-hybridized carbons (Fsp3) is 0.167. The first-order valence-electron chi connectivity index (χ1n) is 9.61. The largest absolute Gasteiger partial charge is 0.326 e. The molecule has 1 aliphatic rings. The van der Waals surface area contributed by atoms with Crippen LogP contribution in [0.1, 0.15) is 18.1 Å². The Morgan fingerprint density at radius 3 is 1.97 bits per heavy atom. The standard InChI is InChI=1S/C24H22N2O2S/c1-17(27)25-20-12-14-21(15-13-20)29-16-24(28)26-22-8-4-2-6-18(22)10-11-19-7-3-5-9-23(19)26/h2-9,12-15H,10-11,16H2,1H3,(H,25,27). The van der Waals surface area contributed by atoms with Gasteiger partial charge in [0, 0.05) is 17.5 Å². The summed E-state index contributed by atoms with van der Waals surface area (Å²) in [5.74, 6) is 0.295. The van der Waals surface area contributed by atoms with Crippen LogP contribution in [0.3, 0.4) is 0 Å². The molecule has 4 rings (SSSR count). The molecule has 3 aromatic carbocycles. The highest BCUT2D eigenvalue weighted by atomic mass is 32.2. The van der Waals surface area contributed by atoms with Crippen LogP contribution >= 0.6 is 11.8 Å². The maximum absolute atomic E-state index is 13.3. The molecule has 0 bridgehead atoms. The van der Waals surface area contributed by atoms with E-state index in [0.717, 1.165) is 34.8 Å². The zero-order valence-electron chi connectivity index (χ0n) is 16.2. The van der Waals surface area contributed by atoms with Crippen LogP contribution in [0.4, 0.5) is 17.1 Å². The van der Waals surface area contributed by atoms with Crippen LogP contribution in [0.15, 0.2) is 77.7 Å². The molecule has 0 spiro atoms. The summed E-state index contributed by atoms with van der Waals surface area (Å²) in [6.45, 7) is 1.48. The highest BCUT2D eigenvalue weighted by Gasteiger charge is 2.25. The predicted molar refractivity (Wildman–Crippen MR) is 119 cm³/mol. The number of carbonyl (C=O) groups is 2. The van der Waals surface area contributed by atoms with Crippen molar-refractivity contribution in [2.75, 3.05) is 16.0 Å². The van der Waals surface area contributed by atoms with Crippen molar-refractivity contribution in [2.24, 2.45) is 0 Å². The number of anilines is 3. The number of amides is 2. The van der Waals surface area contributed by atoms with Gasteiger partial charge in [0.15, 0.2) is 0 Å². The summed E-state index contributed by atoms with van der Waals surface area (Å²) in [4.78, 5) is 27.3. The minimum atomic E-state index is -0.0981. The molecule has 5 heteroatoms. The van der Waals surface area contributed by atoms with Crippen molar-refractivity contribution in [3.05, 3.63) is 83.9 Å². The molecule has 1 N–H and O–H groups in total. The van der Waals surface area contributed by atoms with E-state index in [1.165, 1.54) is 29.8 Å². The van der Waals surface area contributed by atoms with Crippen LogP contribution in [-0.2, 0) is 22.4 Å². The number of fused-ring (bicyclic) bond motifs is 2. The van der Waals surface area contributed by atoms with E-state index < -0.39 is 0 Å². The number of rotatable bonds is 4. The van der Waals surface area contributed by atoms with Gasteiger partial charge in [0.1, 0.15) is 0 Å². The molecule has 3 aromatic rings. The van der Waals surface area contributed by atoms with Crippen LogP contribution in [-0.4, -0.2) is 17.6 Å². The third kappa shape index (κ3) is 4.35. The Balaban J connectivity index is 1.56. The van der Waals surface area contributed by atoms with Crippen LogP contribution < -0.4 is 10.2 Å². The minimum Gasteiger partial charge on any atom is -0.326 e. The van der Waals surface area contributed by atoms with E-state index in [4.69, 9.17) is 0 Å². The monoisotopic (exact) mass is 402 g/mol. The van der Waals surface area contributed by atoms with Crippen LogP contribution in [0, 0.1) is 0 Å². The van der Waals surface area contributed by atoms with Crippen molar-refractivity contribution in [1.82, 2.24) is 0 Å². The van der Waals surface area contributed by atoms with Crippen LogP contribution in [0.5, 0.6) is 0 Å². The average molecular weight is 403 g/mol. The van der Waals surface area contributed by atoms with Gasteiger partial charge in [-0.05, 0) is 60.4 Å². The molecular formula is C24H22N2O2S. The average Bonchev–Trinajstić information content (AvgIpc) is 2.89. The van der Waals surface area contributed by atoms with Crippen molar-refractivity contribution in [2.45, 2.75) is 24.7 Å². The van der Waals surface area contributed by atoms with Gasteiger partial charge in [-0.2, -0.15) is 0 Å². The Kier molecular flexibility index (Phi) is 5.67. The topological polar surface area (TPSA) is 49.4 Å². The van der Waals surface area contributed by atoms with Crippen LogP contribution in [0.25, 0.3) is 0 Å². The third-order valence-corrected chi connectivity index (χ3v) is 5.91. The summed E-state index contributed by atoms with van der Waals surface area (Å²) >= 11 is 1.50. The molecular weight excluding hydrogens is 380 g/mol. The van der Waals surface area contributed by atoms with Gasteiger partial charge in [-0.3, -0.25) is 14.5 Å². The minimum absolute atomic E-state index is 0.0581. The van der Waals surface area contributed by atoms with Gasteiger partial charge >= 0.3 is 0 Å². The van der Waals surface area contributed by atoms with E-state index >= 15 is 0 Å². The Bertz CT molecular complexity index is 999. The molecule has 4 nitrogen and oxygen atoms in total.